The molecule has 0 amide bonds. The third-order valence-corrected chi connectivity index (χ3v) is 6.40. The van der Waals surface area contributed by atoms with Crippen LogP contribution in [0.15, 0.2) is 59.4 Å². The van der Waals surface area contributed by atoms with E-state index in [1.807, 2.05) is 17.5 Å². The van der Waals surface area contributed by atoms with Gasteiger partial charge in [0.1, 0.15) is 12.4 Å². The van der Waals surface area contributed by atoms with Gasteiger partial charge in [0.2, 0.25) is 5.95 Å². The van der Waals surface area contributed by atoms with Gasteiger partial charge in [0.05, 0.1) is 5.56 Å². The molecular weight excluding hydrogens is 401 g/mol. The Labute approximate surface area is 167 Å². The van der Waals surface area contributed by atoms with Crippen molar-refractivity contribution in [3.05, 3.63) is 75.4 Å². The maximum atomic E-state index is 13.7. The van der Waals surface area contributed by atoms with Gasteiger partial charge in [0.15, 0.2) is 5.78 Å². The molecule has 1 aromatic carbocycles. The van der Waals surface area contributed by atoms with E-state index in [-0.39, 0.29) is 23.7 Å². The van der Waals surface area contributed by atoms with Gasteiger partial charge in [-0.1, -0.05) is 24.3 Å². The van der Waals surface area contributed by atoms with Gasteiger partial charge in [0.25, 0.3) is 0 Å². The highest BCUT2D eigenvalue weighted by molar-refractivity contribution is 7.10. The second-order valence-corrected chi connectivity index (χ2v) is 8.06. The number of allylic oxidation sites excluding steroid dienone is 2. The van der Waals surface area contributed by atoms with Crippen molar-refractivity contribution in [1.82, 2.24) is 14.8 Å². The summed E-state index contributed by atoms with van der Waals surface area (Å²) in [5.41, 5.74) is 0.201. The Balaban J connectivity index is 1.67. The molecule has 0 saturated heterocycles. The van der Waals surface area contributed by atoms with Crippen LogP contribution in [0.4, 0.5) is 19.1 Å². The fourth-order valence-corrected chi connectivity index (χ4v) is 4.99. The molecule has 9 heteroatoms. The van der Waals surface area contributed by atoms with Crippen LogP contribution in [-0.4, -0.2) is 20.5 Å². The number of hydrogen-bond donors (Lipinski definition) is 1. The predicted octanol–water partition coefficient (Wildman–Crippen LogP) is 4.77. The Morgan fingerprint density at radius 3 is 2.72 bits per heavy atom. The molecule has 0 radical (unpaired) electrons. The Morgan fingerprint density at radius 1 is 1.14 bits per heavy atom. The zero-order valence-corrected chi connectivity index (χ0v) is 15.8. The first-order valence-electron chi connectivity index (χ1n) is 9.06. The Bertz CT molecular complexity index is 1120. The molecule has 29 heavy (non-hydrogen) atoms. The molecule has 5 rings (SSSR count). The van der Waals surface area contributed by atoms with E-state index in [2.05, 4.69) is 15.4 Å². The van der Waals surface area contributed by atoms with Crippen molar-refractivity contribution >= 4 is 23.1 Å². The average Bonchev–Trinajstić information content (AvgIpc) is 3.37. The van der Waals surface area contributed by atoms with E-state index < -0.39 is 17.8 Å². The number of thiophene rings is 1. The summed E-state index contributed by atoms with van der Waals surface area (Å²) in [7, 11) is 0. The second kappa shape index (κ2) is 6.55. The van der Waals surface area contributed by atoms with Crippen LogP contribution in [0.3, 0.4) is 0 Å². The molecule has 1 N–H and O–H groups in total. The molecule has 0 spiro atoms. The lowest BCUT2D eigenvalue weighted by atomic mass is 9.79. The number of halogens is 3. The Morgan fingerprint density at radius 2 is 1.97 bits per heavy atom. The van der Waals surface area contributed by atoms with Crippen molar-refractivity contribution in [2.24, 2.45) is 0 Å². The van der Waals surface area contributed by atoms with Crippen LogP contribution in [0.1, 0.15) is 40.8 Å². The minimum absolute atomic E-state index is 0.00160. The molecule has 0 bridgehead atoms. The van der Waals surface area contributed by atoms with Crippen LogP contribution in [-0.2, 0) is 11.0 Å². The predicted molar refractivity (Wildman–Crippen MR) is 102 cm³/mol. The van der Waals surface area contributed by atoms with Gasteiger partial charge in [-0.25, -0.2) is 4.68 Å². The fourth-order valence-electron chi connectivity index (χ4n) is 4.16. The lowest BCUT2D eigenvalue weighted by molar-refractivity contribution is -0.138. The molecule has 5 nitrogen and oxygen atoms in total. The molecule has 0 saturated carbocycles. The number of benzene rings is 1. The summed E-state index contributed by atoms with van der Waals surface area (Å²) in [5, 5.41) is 9.21. The van der Waals surface area contributed by atoms with E-state index in [9.17, 15) is 18.0 Å². The van der Waals surface area contributed by atoms with Crippen molar-refractivity contribution in [3.63, 3.8) is 0 Å². The van der Waals surface area contributed by atoms with Crippen LogP contribution in [0.5, 0.6) is 0 Å². The standard InChI is InChI=1S/C20H15F3N4OS/c21-20(22,23)13-5-2-1-4-12(13)18-17-14(26-19-24-10-25-27(18)19)8-11(9-15(17)28)16-6-3-7-29-16/h1-7,10-11,18H,8-9H2,(H,24,25,26)/t11-,18-/m1/s1. The van der Waals surface area contributed by atoms with E-state index in [1.54, 1.807) is 17.4 Å². The normalized spacial score (nSPS) is 21.6. The molecular formula is C20H15F3N4OS. The largest absolute Gasteiger partial charge is 0.416 e. The highest BCUT2D eigenvalue weighted by atomic mass is 32.1. The van der Waals surface area contributed by atoms with Crippen LogP contribution in [0.25, 0.3) is 0 Å². The molecule has 3 heterocycles. The van der Waals surface area contributed by atoms with Crippen LogP contribution < -0.4 is 5.32 Å². The lowest BCUT2D eigenvalue weighted by Crippen LogP contribution is -2.34. The SMILES string of the molecule is O=C1C[C@H](c2cccs2)CC2=C1[C@@H](c1ccccc1C(F)(F)F)n1ncnc1N2. The number of nitrogens with zero attached hydrogens (tertiary/aromatic N) is 3. The van der Waals surface area contributed by atoms with Crippen molar-refractivity contribution in [2.75, 3.05) is 5.32 Å². The molecule has 1 aliphatic carbocycles. The van der Waals surface area contributed by atoms with E-state index in [1.165, 1.54) is 23.1 Å². The van der Waals surface area contributed by atoms with Gasteiger partial charge in [-0.05, 0) is 29.5 Å². The van der Waals surface area contributed by atoms with Gasteiger partial charge in [-0.15, -0.1) is 11.3 Å². The first kappa shape index (κ1) is 18.1. The number of nitrogens with one attached hydrogen (secondary N) is 1. The van der Waals surface area contributed by atoms with Gasteiger partial charge >= 0.3 is 6.18 Å². The lowest BCUT2D eigenvalue weighted by Gasteiger charge is -2.35. The number of rotatable bonds is 2. The zero-order chi connectivity index (χ0) is 20.2. The highest BCUT2D eigenvalue weighted by Crippen LogP contribution is 2.46. The van der Waals surface area contributed by atoms with E-state index in [0.29, 0.717) is 23.6 Å². The van der Waals surface area contributed by atoms with Gasteiger partial charge in [0, 0.05) is 28.5 Å². The van der Waals surface area contributed by atoms with Gasteiger partial charge in [-0.2, -0.15) is 23.3 Å². The number of carbonyl (C=O) groups is 1. The summed E-state index contributed by atoms with van der Waals surface area (Å²) >= 11 is 1.58. The monoisotopic (exact) mass is 416 g/mol. The number of alkyl halides is 3. The van der Waals surface area contributed by atoms with Gasteiger partial charge < -0.3 is 5.32 Å². The summed E-state index contributed by atoms with van der Waals surface area (Å²) in [6, 6.07) is 8.30. The zero-order valence-electron chi connectivity index (χ0n) is 15.0. The van der Waals surface area contributed by atoms with Crippen molar-refractivity contribution in [1.29, 1.82) is 0 Å². The Kier molecular flexibility index (Phi) is 4.09. The first-order chi connectivity index (χ1) is 13.9. The number of ketones is 1. The summed E-state index contributed by atoms with van der Waals surface area (Å²) < 4.78 is 42.5. The summed E-state index contributed by atoms with van der Waals surface area (Å²) in [4.78, 5) is 18.4. The number of carbonyl (C=O) groups excluding carboxylic acids is 1. The van der Waals surface area contributed by atoms with E-state index >= 15 is 0 Å². The quantitative estimate of drug-likeness (QED) is 0.654. The van der Waals surface area contributed by atoms with E-state index in [0.717, 1.165) is 10.9 Å². The smallest absolute Gasteiger partial charge is 0.328 e. The fraction of sp³-hybridized carbons (Fsp3) is 0.250. The minimum Gasteiger partial charge on any atom is -0.328 e. The van der Waals surface area contributed by atoms with Crippen LogP contribution in [0, 0.1) is 0 Å². The summed E-state index contributed by atoms with van der Waals surface area (Å²) in [5.74, 6) is 0.173. The summed E-state index contributed by atoms with van der Waals surface area (Å²) in [6.45, 7) is 0. The number of aromatic nitrogens is 3. The summed E-state index contributed by atoms with van der Waals surface area (Å²) in [6.07, 6.45) is -2.46. The van der Waals surface area contributed by atoms with E-state index in [4.69, 9.17) is 0 Å². The average molecular weight is 416 g/mol. The number of hydrogen-bond acceptors (Lipinski definition) is 5. The molecule has 2 atom stereocenters. The van der Waals surface area contributed by atoms with Crippen molar-refractivity contribution in [3.8, 4) is 0 Å². The second-order valence-electron chi connectivity index (χ2n) is 7.08. The first-order valence-corrected chi connectivity index (χ1v) is 9.93. The molecule has 2 aromatic heterocycles. The molecule has 0 unspecified atom stereocenters. The van der Waals surface area contributed by atoms with Gasteiger partial charge in [-0.3, -0.25) is 4.79 Å². The molecule has 148 valence electrons. The van der Waals surface area contributed by atoms with Crippen molar-refractivity contribution < 1.29 is 18.0 Å². The highest BCUT2D eigenvalue weighted by Gasteiger charge is 2.43. The number of fused-ring (bicyclic) bond motifs is 1. The van der Waals surface area contributed by atoms with Crippen LogP contribution >= 0.6 is 11.3 Å². The maximum absolute atomic E-state index is 13.7. The third kappa shape index (κ3) is 2.96. The number of Topliss-reactive ketones (excluding diaryl/α,β-unsaturated/α-hetero) is 1. The third-order valence-electron chi connectivity index (χ3n) is 5.37. The molecule has 0 fully saturated rings. The Hall–Kier alpha value is -2.94. The number of anilines is 1. The van der Waals surface area contributed by atoms with Crippen molar-refractivity contribution in [2.45, 2.75) is 31.0 Å². The topological polar surface area (TPSA) is 59.8 Å². The molecule has 3 aromatic rings. The van der Waals surface area contributed by atoms with Crippen LogP contribution in [0.2, 0.25) is 0 Å². The molecule has 2 aliphatic rings. The molecule has 1 aliphatic heterocycles. The maximum Gasteiger partial charge on any atom is 0.416 e. The minimum atomic E-state index is -4.54.